The monoisotopic (exact) mass is 210 g/mol. The van der Waals surface area contributed by atoms with Crippen LogP contribution in [0.3, 0.4) is 0 Å². The average molecular weight is 210 g/mol. The smallest absolute Gasteiger partial charge is 0.208 e. The van der Waals surface area contributed by atoms with Gasteiger partial charge < -0.3 is 5.73 Å². The lowest BCUT2D eigenvalue weighted by Gasteiger charge is -2.06. The van der Waals surface area contributed by atoms with Gasteiger partial charge in [-0.3, -0.25) is 0 Å². The minimum absolute atomic E-state index is 0.0971. The van der Waals surface area contributed by atoms with Crippen LogP contribution in [0, 0.1) is 0 Å². The molecule has 0 aliphatic heterocycles. The molecule has 4 nitrogen and oxygen atoms in total. The maximum Gasteiger partial charge on any atom is 0.208 e. The summed E-state index contributed by atoms with van der Waals surface area (Å²) in [5.41, 5.74) is 7.02. The molecule has 1 fully saturated rings. The molecule has 1 aromatic heterocycles. The van der Waals surface area contributed by atoms with Crippen LogP contribution in [-0.4, -0.2) is 27.0 Å². The minimum Gasteiger partial charge on any atom is -0.325 e. The van der Waals surface area contributed by atoms with Crippen LogP contribution in [-0.2, 0) is 6.42 Å². The maximum atomic E-state index is 5.98. The molecular weight excluding hydrogens is 196 g/mol. The lowest BCUT2D eigenvalue weighted by Crippen LogP contribution is -2.22. The number of nitrogens with zero attached hydrogens (tertiary/aromatic N) is 3. The Labute approximate surface area is 87.7 Å². The molecule has 5 heteroatoms. The SMILES string of the molecule is CSc1ncc(CCC2(N)CC2)nn1. The van der Waals surface area contributed by atoms with E-state index in [0.717, 1.165) is 36.5 Å². The molecule has 0 radical (unpaired) electrons. The fourth-order valence-corrected chi connectivity index (χ4v) is 1.56. The summed E-state index contributed by atoms with van der Waals surface area (Å²) < 4.78 is 0. The lowest BCUT2D eigenvalue weighted by atomic mass is 10.1. The van der Waals surface area contributed by atoms with Crippen LogP contribution in [0.4, 0.5) is 0 Å². The van der Waals surface area contributed by atoms with Gasteiger partial charge in [0.2, 0.25) is 5.16 Å². The molecule has 0 amide bonds. The van der Waals surface area contributed by atoms with Crippen LogP contribution in [0.25, 0.3) is 0 Å². The molecular formula is C9H14N4S. The molecule has 1 saturated carbocycles. The van der Waals surface area contributed by atoms with Crippen molar-refractivity contribution in [3.63, 3.8) is 0 Å². The summed E-state index contributed by atoms with van der Waals surface area (Å²) in [7, 11) is 0. The van der Waals surface area contributed by atoms with Gasteiger partial charge in [-0.2, -0.15) is 5.10 Å². The van der Waals surface area contributed by atoms with Crippen LogP contribution in [0.5, 0.6) is 0 Å². The van der Waals surface area contributed by atoms with Crippen molar-refractivity contribution in [2.45, 2.75) is 36.4 Å². The van der Waals surface area contributed by atoms with E-state index in [0.29, 0.717) is 0 Å². The van der Waals surface area contributed by atoms with Gasteiger partial charge in [-0.15, -0.1) is 5.10 Å². The highest BCUT2D eigenvalue weighted by atomic mass is 32.2. The Bertz CT molecular complexity index is 307. The predicted octanol–water partition coefficient (Wildman–Crippen LogP) is 1.02. The minimum atomic E-state index is 0.0971. The molecule has 0 aromatic carbocycles. The Hall–Kier alpha value is -0.680. The van der Waals surface area contributed by atoms with E-state index >= 15 is 0 Å². The summed E-state index contributed by atoms with van der Waals surface area (Å²) in [5.74, 6) is 0. The van der Waals surface area contributed by atoms with Gasteiger partial charge in [0, 0.05) is 5.54 Å². The van der Waals surface area contributed by atoms with Crippen LogP contribution < -0.4 is 5.73 Å². The molecule has 1 aliphatic carbocycles. The summed E-state index contributed by atoms with van der Waals surface area (Å²) in [6, 6.07) is 0. The van der Waals surface area contributed by atoms with Gasteiger partial charge in [-0.1, -0.05) is 11.8 Å². The second kappa shape index (κ2) is 3.82. The predicted molar refractivity (Wildman–Crippen MR) is 56.1 cm³/mol. The third kappa shape index (κ3) is 2.42. The fraction of sp³-hybridized carbons (Fsp3) is 0.667. The van der Waals surface area contributed by atoms with E-state index in [1.54, 1.807) is 6.20 Å². The van der Waals surface area contributed by atoms with Crippen molar-refractivity contribution in [2.24, 2.45) is 5.73 Å². The molecule has 0 bridgehead atoms. The highest BCUT2D eigenvalue weighted by molar-refractivity contribution is 7.98. The third-order valence-electron chi connectivity index (χ3n) is 2.54. The Morgan fingerprint density at radius 3 is 2.79 bits per heavy atom. The number of hydrogen-bond donors (Lipinski definition) is 1. The van der Waals surface area contributed by atoms with Crippen molar-refractivity contribution in [2.75, 3.05) is 6.26 Å². The Morgan fingerprint density at radius 1 is 1.50 bits per heavy atom. The number of hydrogen-bond acceptors (Lipinski definition) is 5. The highest BCUT2D eigenvalue weighted by Crippen LogP contribution is 2.36. The van der Waals surface area contributed by atoms with Crippen molar-refractivity contribution in [1.29, 1.82) is 0 Å². The van der Waals surface area contributed by atoms with Gasteiger partial charge in [0.1, 0.15) is 0 Å². The van der Waals surface area contributed by atoms with Crippen molar-refractivity contribution >= 4 is 11.8 Å². The first-order valence-corrected chi connectivity index (χ1v) is 5.96. The zero-order valence-corrected chi connectivity index (χ0v) is 9.05. The Morgan fingerprint density at radius 2 is 2.29 bits per heavy atom. The average Bonchev–Trinajstić information content (AvgIpc) is 2.95. The first-order valence-electron chi connectivity index (χ1n) is 4.73. The third-order valence-corrected chi connectivity index (χ3v) is 3.09. The van der Waals surface area contributed by atoms with Crippen molar-refractivity contribution in [1.82, 2.24) is 15.2 Å². The summed E-state index contributed by atoms with van der Waals surface area (Å²) in [5, 5.41) is 8.80. The summed E-state index contributed by atoms with van der Waals surface area (Å²) in [6.07, 6.45) is 7.93. The number of nitrogens with two attached hydrogens (primary N) is 1. The van der Waals surface area contributed by atoms with Gasteiger partial charge in [0.05, 0.1) is 11.9 Å². The molecule has 2 N–H and O–H groups in total. The topological polar surface area (TPSA) is 64.7 Å². The molecule has 1 aromatic rings. The molecule has 2 rings (SSSR count). The summed E-state index contributed by atoms with van der Waals surface area (Å²) in [4.78, 5) is 4.17. The second-order valence-corrected chi connectivity index (χ2v) is 4.57. The van der Waals surface area contributed by atoms with Gasteiger partial charge in [0.25, 0.3) is 0 Å². The molecule has 14 heavy (non-hydrogen) atoms. The highest BCUT2D eigenvalue weighted by Gasteiger charge is 2.37. The molecule has 1 heterocycles. The largest absolute Gasteiger partial charge is 0.325 e. The summed E-state index contributed by atoms with van der Waals surface area (Å²) >= 11 is 1.50. The Balaban J connectivity index is 1.89. The van der Waals surface area contributed by atoms with Gasteiger partial charge in [0.15, 0.2) is 0 Å². The summed E-state index contributed by atoms with van der Waals surface area (Å²) in [6.45, 7) is 0. The maximum absolute atomic E-state index is 5.98. The van der Waals surface area contributed by atoms with Crippen LogP contribution in [0.1, 0.15) is 25.0 Å². The van der Waals surface area contributed by atoms with E-state index < -0.39 is 0 Å². The zero-order chi connectivity index (χ0) is 10.0. The van der Waals surface area contributed by atoms with Crippen molar-refractivity contribution < 1.29 is 0 Å². The van der Waals surface area contributed by atoms with E-state index in [1.165, 1.54) is 11.8 Å². The Kier molecular flexibility index (Phi) is 2.69. The van der Waals surface area contributed by atoms with E-state index in [9.17, 15) is 0 Å². The molecule has 0 saturated heterocycles. The lowest BCUT2D eigenvalue weighted by molar-refractivity contribution is 0.594. The fourth-order valence-electron chi connectivity index (χ4n) is 1.28. The van der Waals surface area contributed by atoms with E-state index in [2.05, 4.69) is 15.2 Å². The number of rotatable bonds is 4. The second-order valence-electron chi connectivity index (χ2n) is 3.80. The number of aryl methyl sites for hydroxylation is 1. The normalized spacial score (nSPS) is 18.1. The van der Waals surface area contributed by atoms with E-state index in [1.807, 2.05) is 6.26 Å². The van der Waals surface area contributed by atoms with Crippen LogP contribution >= 0.6 is 11.8 Å². The first kappa shape index (κ1) is 9.86. The number of thioether (sulfide) groups is 1. The molecule has 0 unspecified atom stereocenters. The van der Waals surface area contributed by atoms with Crippen LogP contribution in [0.2, 0.25) is 0 Å². The first-order chi connectivity index (χ1) is 6.72. The van der Waals surface area contributed by atoms with Gasteiger partial charge in [-0.05, 0) is 31.9 Å². The van der Waals surface area contributed by atoms with Crippen molar-refractivity contribution in [3.05, 3.63) is 11.9 Å². The van der Waals surface area contributed by atoms with E-state index in [-0.39, 0.29) is 5.54 Å². The zero-order valence-electron chi connectivity index (χ0n) is 8.23. The van der Waals surface area contributed by atoms with Gasteiger partial charge in [-0.25, -0.2) is 4.98 Å². The van der Waals surface area contributed by atoms with Gasteiger partial charge >= 0.3 is 0 Å². The van der Waals surface area contributed by atoms with Crippen molar-refractivity contribution in [3.8, 4) is 0 Å². The van der Waals surface area contributed by atoms with Crippen LogP contribution in [0.15, 0.2) is 11.4 Å². The molecule has 0 spiro atoms. The quantitative estimate of drug-likeness (QED) is 0.752. The molecule has 0 atom stereocenters. The van der Waals surface area contributed by atoms with E-state index in [4.69, 9.17) is 5.73 Å². The molecule has 1 aliphatic rings. The molecule has 76 valence electrons. The standard InChI is InChI=1S/C9H14N4S/c1-14-8-11-6-7(12-13-8)2-3-9(10)4-5-9/h6H,2-5,10H2,1H3. The number of aromatic nitrogens is 3.